The molecule has 1 N–H and O–H groups in total. The van der Waals surface area contributed by atoms with Crippen LogP contribution in [0.2, 0.25) is 0 Å². The second-order valence-corrected chi connectivity index (χ2v) is 7.03. The average Bonchev–Trinajstić information content (AvgIpc) is 3.26. The zero-order valence-corrected chi connectivity index (χ0v) is 13.2. The molecule has 1 heterocycles. The van der Waals surface area contributed by atoms with E-state index in [0.717, 1.165) is 49.1 Å². The molecule has 110 valence electrons. The maximum Gasteiger partial charge on any atom is 0.123 e. The van der Waals surface area contributed by atoms with Gasteiger partial charge in [0.05, 0.1) is 0 Å². The van der Waals surface area contributed by atoms with Gasteiger partial charge in [-0.3, -0.25) is 0 Å². The molecule has 0 spiro atoms. The normalized spacial score (nSPS) is 21.9. The lowest BCUT2D eigenvalue weighted by Gasteiger charge is -2.38. The third-order valence-corrected chi connectivity index (χ3v) is 5.24. The van der Waals surface area contributed by atoms with Gasteiger partial charge in [-0.2, -0.15) is 0 Å². The molecular weight excluding hydrogens is 321 g/mol. The van der Waals surface area contributed by atoms with Gasteiger partial charge < -0.3 is 10.1 Å². The topological polar surface area (TPSA) is 21.3 Å². The lowest BCUT2D eigenvalue weighted by Crippen LogP contribution is -2.41. The summed E-state index contributed by atoms with van der Waals surface area (Å²) < 4.78 is 20.0. The van der Waals surface area contributed by atoms with E-state index < -0.39 is 0 Å². The first-order valence-corrected chi connectivity index (χ1v) is 8.21. The molecule has 2 fully saturated rings. The number of benzene rings is 1. The van der Waals surface area contributed by atoms with Crippen molar-refractivity contribution in [2.75, 3.05) is 19.8 Å². The number of hydrogen-bond donors (Lipinski definition) is 1. The molecule has 0 unspecified atom stereocenters. The van der Waals surface area contributed by atoms with Crippen molar-refractivity contribution in [1.82, 2.24) is 5.32 Å². The Morgan fingerprint density at radius 1 is 1.30 bits per heavy atom. The highest BCUT2D eigenvalue weighted by Crippen LogP contribution is 2.37. The molecule has 1 aromatic rings. The van der Waals surface area contributed by atoms with Crippen LogP contribution >= 0.6 is 15.9 Å². The SMILES string of the molecule is Fc1ccc(Br)c(CC2(CNC3CC3)CCOCC2)c1. The first-order chi connectivity index (χ1) is 9.67. The van der Waals surface area contributed by atoms with Gasteiger partial charge in [0.25, 0.3) is 0 Å². The van der Waals surface area contributed by atoms with Gasteiger partial charge in [0.1, 0.15) is 5.82 Å². The molecule has 2 aliphatic rings. The molecule has 0 atom stereocenters. The number of halogens is 2. The first kappa shape index (κ1) is 14.5. The van der Waals surface area contributed by atoms with Gasteiger partial charge in [-0.05, 0) is 61.3 Å². The Hall–Kier alpha value is -0.450. The summed E-state index contributed by atoms with van der Waals surface area (Å²) in [6, 6.07) is 5.70. The van der Waals surface area contributed by atoms with Crippen molar-refractivity contribution in [3.05, 3.63) is 34.1 Å². The van der Waals surface area contributed by atoms with E-state index in [9.17, 15) is 4.39 Å². The van der Waals surface area contributed by atoms with Crippen LogP contribution in [0.5, 0.6) is 0 Å². The molecule has 0 aromatic heterocycles. The van der Waals surface area contributed by atoms with Crippen molar-refractivity contribution in [3.8, 4) is 0 Å². The van der Waals surface area contributed by atoms with Crippen LogP contribution in [0.4, 0.5) is 4.39 Å². The maximum atomic E-state index is 13.5. The second-order valence-electron chi connectivity index (χ2n) is 6.18. The molecule has 1 aliphatic heterocycles. The van der Waals surface area contributed by atoms with Crippen LogP contribution in [0.3, 0.4) is 0 Å². The maximum absolute atomic E-state index is 13.5. The molecule has 2 nitrogen and oxygen atoms in total. The van der Waals surface area contributed by atoms with Crippen LogP contribution in [0.15, 0.2) is 22.7 Å². The third kappa shape index (κ3) is 3.60. The van der Waals surface area contributed by atoms with Crippen molar-refractivity contribution in [2.24, 2.45) is 5.41 Å². The van der Waals surface area contributed by atoms with Gasteiger partial charge in [0.15, 0.2) is 0 Å². The number of hydrogen-bond acceptors (Lipinski definition) is 2. The summed E-state index contributed by atoms with van der Waals surface area (Å²) >= 11 is 3.56. The van der Waals surface area contributed by atoms with Crippen LogP contribution in [0, 0.1) is 11.2 Å². The van der Waals surface area contributed by atoms with Crippen molar-refractivity contribution >= 4 is 15.9 Å². The minimum Gasteiger partial charge on any atom is -0.381 e. The number of ether oxygens (including phenoxy) is 1. The minimum absolute atomic E-state index is 0.152. The zero-order valence-electron chi connectivity index (χ0n) is 11.6. The van der Waals surface area contributed by atoms with Crippen molar-refractivity contribution in [3.63, 3.8) is 0 Å². The number of rotatable bonds is 5. The number of nitrogens with one attached hydrogen (secondary N) is 1. The summed E-state index contributed by atoms with van der Waals surface area (Å²) in [6.07, 6.45) is 5.62. The van der Waals surface area contributed by atoms with Gasteiger partial charge in [0, 0.05) is 30.3 Å². The first-order valence-electron chi connectivity index (χ1n) is 7.42. The smallest absolute Gasteiger partial charge is 0.123 e. The summed E-state index contributed by atoms with van der Waals surface area (Å²) in [5.74, 6) is -0.152. The average molecular weight is 342 g/mol. The highest BCUT2D eigenvalue weighted by Gasteiger charge is 2.35. The highest BCUT2D eigenvalue weighted by molar-refractivity contribution is 9.10. The molecule has 4 heteroatoms. The molecule has 20 heavy (non-hydrogen) atoms. The Morgan fingerprint density at radius 2 is 2.05 bits per heavy atom. The molecule has 3 rings (SSSR count). The van der Waals surface area contributed by atoms with Crippen LogP contribution in [-0.4, -0.2) is 25.8 Å². The molecular formula is C16H21BrFNO. The highest BCUT2D eigenvalue weighted by atomic mass is 79.9. The zero-order chi connectivity index (χ0) is 14.0. The van der Waals surface area contributed by atoms with E-state index in [2.05, 4.69) is 21.2 Å². The van der Waals surface area contributed by atoms with E-state index >= 15 is 0 Å². The standard InChI is InChI=1S/C16H21BrFNO/c17-15-4-1-13(18)9-12(15)10-16(5-7-20-8-6-16)11-19-14-2-3-14/h1,4,9,14,19H,2-3,5-8,10-11H2. The Balaban J connectivity index is 1.75. The van der Waals surface area contributed by atoms with Crippen LogP contribution in [-0.2, 0) is 11.2 Å². The largest absolute Gasteiger partial charge is 0.381 e. The van der Waals surface area contributed by atoms with Crippen molar-refractivity contribution in [1.29, 1.82) is 0 Å². The van der Waals surface area contributed by atoms with Gasteiger partial charge in [0.2, 0.25) is 0 Å². The summed E-state index contributed by atoms with van der Waals surface area (Å²) in [7, 11) is 0. The summed E-state index contributed by atoms with van der Waals surface area (Å²) in [6.45, 7) is 2.66. The summed E-state index contributed by atoms with van der Waals surface area (Å²) in [5, 5.41) is 3.66. The predicted octanol–water partition coefficient (Wildman–Crippen LogP) is 3.68. The van der Waals surface area contributed by atoms with Gasteiger partial charge in [-0.1, -0.05) is 15.9 Å². The Kier molecular flexibility index (Phi) is 4.43. The molecule has 1 saturated heterocycles. The van der Waals surface area contributed by atoms with E-state index in [1.807, 2.05) is 6.07 Å². The van der Waals surface area contributed by atoms with E-state index in [-0.39, 0.29) is 11.2 Å². The molecule has 0 bridgehead atoms. The Bertz CT molecular complexity index is 470. The van der Waals surface area contributed by atoms with E-state index in [1.54, 1.807) is 6.07 Å². The van der Waals surface area contributed by atoms with Crippen molar-refractivity contribution in [2.45, 2.75) is 38.1 Å². The van der Waals surface area contributed by atoms with Gasteiger partial charge >= 0.3 is 0 Å². The van der Waals surface area contributed by atoms with Crippen LogP contribution in [0.1, 0.15) is 31.2 Å². The molecule has 1 aromatic carbocycles. The monoisotopic (exact) mass is 341 g/mol. The fourth-order valence-corrected chi connectivity index (χ4v) is 3.34. The quantitative estimate of drug-likeness (QED) is 0.881. The fourth-order valence-electron chi connectivity index (χ4n) is 2.95. The molecule has 0 radical (unpaired) electrons. The van der Waals surface area contributed by atoms with E-state index in [4.69, 9.17) is 4.74 Å². The summed E-state index contributed by atoms with van der Waals surface area (Å²) in [4.78, 5) is 0. The molecule has 1 aliphatic carbocycles. The Morgan fingerprint density at radius 3 is 2.75 bits per heavy atom. The van der Waals surface area contributed by atoms with Crippen molar-refractivity contribution < 1.29 is 9.13 Å². The lowest BCUT2D eigenvalue weighted by atomic mass is 9.75. The van der Waals surface area contributed by atoms with E-state index in [1.165, 1.54) is 18.9 Å². The van der Waals surface area contributed by atoms with Crippen LogP contribution < -0.4 is 5.32 Å². The third-order valence-electron chi connectivity index (χ3n) is 4.47. The summed E-state index contributed by atoms with van der Waals surface area (Å²) in [5.41, 5.74) is 1.28. The molecule has 0 amide bonds. The van der Waals surface area contributed by atoms with Gasteiger partial charge in [-0.25, -0.2) is 4.39 Å². The van der Waals surface area contributed by atoms with Crippen LogP contribution in [0.25, 0.3) is 0 Å². The Labute approximate surface area is 128 Å². The minimum atomic E-state index is -0.152. The predicted molar refractivity (Wildman–Crippen MR) is 81.3 cm³/mol. The van der Waals surface area contributed by atoms with E-state index in [0.29, 0.717) is 6.04 Å². The van der Waals surface area contributed by atoms with Gasteiger partial charge in [-0.15, -0.1) is 0 Å². The fraction of sp³-hybridized carbons (Fsp3) is 0.625. The second kappa shape index (κ2) is 6.12. The molecule has 1 saturated carbocycles. The lowest BCUT2D eigenvalue weighted by molar-refractivity contribution is 0.0146.